The number of nitrogens with one attached hydrogen (secondary N) is 6. The van der Waals surface area contributed by atoms with Crippen LogP contribution in [-0.4, -0.2) is 102 Å². The van der Waals surface area contributed by atoms with Crippen LogP contribution in [0.15, 0.2) is 30.3 Å². The Bertz CT molecular complexity index is 1640. The van der Waals surface area contributed by atoms with Gasteiger partial charge in [-0.3, -0.25) is 35.6 Å². The molecule has 0 aliphatic carbocycles. The van der Waals surface area contributed by atoms with E-state index in [0.29, 0.717) is 12.8 Å². The summed E-state index contributed by atoms with van der Waals surface area (Å²) in [7, 11) is 0. The molecule has 0 radical (unpaired) electrons. The summed E-state index contributed by atoms with van der Waals surface area (Å²) >= 11 is 0. The Morgan fingerprint density at radius 1 is 0.645 bits per heavy atom. The minimum atomic E-state index is -1.56. The van der Waals surface area contributed by atoms with Gasteiger partial charge < -0.3 is 57.9 Å². The molecule has 0 saturated heterocycles. The number of nitrogens with two attached hydrogens (primary N) is 2. The molecule has 62 heavy (non-hydrogen) atoms. The van der Waals surface area contributed by atoms with E-state index in [1.54, 1.807) is 76.2 Å². The van der Waals surface area contributed by atoms with Gasteiger partial charge in [0.25, 0.3) is 0 Å². The van der Waals surface area contributed by atoms with Crippen LogP contribution in [0.4, 0.5) is 9.59 Å². The van der Waals surface area contributed by atoms with Gasteiger partial charge in [0.1, 0.15) is 47.6 Å². The molecule has 20 heteroatoms. The predicted octanol–water partition coefficient (Wildman–Crippen LogP) is -1.70. The minimum Gasteiger partial charge on any atom is -1.00 e. The zero-order valence-electron chi connectivity index (χ0n) is 38.2. The molecule has 1 rings (SSSR count). The van der Waals surface area contributed by atoms with Crippen LogP contribution in [0, 0.1) is 5.92 Å². The number of hydrogen-bond acceptors (Lipinski definition) is 11. The molecule has 0 unspecified atom stereocenters. The summed E-state index contributed by atoms with van der Waals surface area (Å²) in [5, 5.41) is 13.1. The van der Waals surface area contributed by atoms with Crippen LogP contribution in [0.1, 0.15) is 120 Å². The molecule has 19 nitrogen and oxygen atoms in total. The average Bonchev–Trinajstić information content (AvgIpc) is 3.10. The largest absolute Gasteiger partial charge is 1.00 e. The van der Waals surface area contributed by atoms with Crippen molar-refractivity contribution < 1.29 is 69.9 Å². The van der Waals surface area contributed by atoms with Crippen molar-refractivity contribution in [2.24, 2.45) is 17.4 Å². The predicted molar refractivity (Wildman–Crippen MR) is 227 cm³/mol. The number of guanidine groups is 1. The van der Waals surface area contributed by atoms with E-state index in [9.17, 15) is 33.6 Å². The minimum absolute atomic E-state index is 0. The number of unbranched alkanes of at least 4 members (excludes halogenated alkanes) is 1. The summed E-state index contributed by atoms with van der Waals surface area (Å²) in [6, 6.07) is 3.89. The number of carbonyl (C=O) groups excluding carboxylic acids is 7. The standard InChI is InChI=1S/C42H70N8O11.ClH/c1-26(2)32(36(55)60-41(6,7)8)50-35(54)30(24-31(51)59-40(3,4)5)48-33(52)28(20-15-16-22-46-38(56)58-25-27-18-13-12-14-19-27)47-34(53)29(21-17-23-45-37(43)44)49-39(57)61-42(9,10)11;/h12-14,18-19,26,28-30,32H,15-17,20-25H2,1-11H3,(H,46,56)(H,47,53)(H,48,52)(H,49,57)(H,50,54)(H4,43,44,45);1H/t28-,29-,30-,32-;/m0./s1. The van der Waals surface area contributed by atoms with Crippen molar-refractivity contribution in [3.8, 4) is 0 Å². The number of carbonyl (C=O) groups is 7. The first-order valence-electron chi connectivity index (χ1n) is 20.6. The van der Waals surface area contributed by atoms with E-state index in [2.05, 4.69) is 31.6 Å². The summed E-state index contributed by atoms with van der Waals surface area (Å²) in [6.07, 6.45) is -1.17. The Balaban J connectivity index is 0.0000372. The molecular weight excluding hydrogens is 828 g/mol. The third-order valence-electron chi connectivity index (χ3n) is 8.09. The Morgan fingerprint density at radius 2 is 1.16 bits per heavy atom. The van der Waals surface area contributed by atoms with E-state index in [-0.39, 0.29) is 57.3 Å². The lowest BCUT2D eigenvalue weighted by molar-refractivity contribution is -0.459. The fourth-order valence-electron chi connectivity index (χ4n) is 5.39. The van der Waals surface area contributed by atoms with E-state index >= 15 is 0 Å². The van der Waals surface area contributed by atoms with Gasteiger partial charge in [0, 0.05) is 6.54 Å². The number of benzene rings is 1. The summed E-state index contributed by atoms with van der Waals surface area (Å²) in [4.78, 5) is 96.1. The maximum absolute atomic E-state index is 14.2. The van der Waals surface area contributed by atoms with Crippen LogP contribution in [0.25, 0.3) is 0 Å². The highest BCUT2D eigenvalue weighted by Gasteiger charge is 2.36. The highest BCUT2D eigenvalue weighted by atomic mass is 35.5. The molecule has 0 aromatic heterocycles. The number of rotatable bonds is 22. The number of esters is 2. The van der Waals surface area contributed by atoms with Gasteiger partial charge >= 0.3 is 30.1 Å². The van der Waals surface area contributed by atoms with E-state index in [1.165, 1.54) is 0 Å². The van der Waals surface area contributed by atoms with Gasteiger partial charge in [-0.05, 0) is 106 Å². The number of amides is 5. The molecule has 0 bridgehead atoms. The molecule has 5 amide bonds. The molecule has 0 fully saturated rings. The fraction of sp³-hybridized carbons (Fsp3) is 0.667. The fourth-order valence-corrected chi connectivity index (χ4v) is 5.39. The molecule has 1 aromatic rings. The van der Waals surface area contributed by atoms with E-state index in [4.69, 9.17) is 30.4 Å². The lowest BCUT2D eigenvalue weighted by Crippen LogP contribution is -3.00. The molecule has 1 aromatic carbocycles. The van der Waals surface area contributed by atoms with Gasteiger partial charge in [-0.15, -0.1) is 0 Å². The van der Waals surface area contributed by atoms with Crippen molar-refractivity contribution in [2.75, 3.05) is 13.1 Å². The van der Waals surface area contributed by atoms with Crippen molar-refractivity contribution in [3.63, 3.8) is 0 Å². The highest BCUT2D eigenvalue weighted by Crippen LogP contribution is 2.15. The zero-order valence-corrected chi connectivity index (χ0v) is 38.9. The van der Waals surface area contributed by atoms with Gasteiger partial charge in [-0.25, -0.2) is 14.4 Å². The molecule has 0 spiro atoms. The van der Waals surface area contributed by atoms with Crippen LogP contribution in [-0.2, 0) is 49.5 Å². The second-order valence-electron chi connectivity index (χ2n) is 17.9. The van der Waals surface area contributed by atoms with Crippen molar-refractivity contribution in [1.29, 1.82) is 0 Å². The first-order chi connectivity index (χ1) is 28.2. The summed E-state index contributed by atoms with van der Waals surface area (Å²) in [5.74, 6) is -4.50. The third-order valence-corrected chi connectivity index (χ3v) is 8.09. The van der Waals surface area contributed by atoms with Gasteiger partial charge in [0.15, 0.2) is 0 Å². The Morgan fingerprint density at radius 3 is 1.69 bits per heavy atom. The maximum atomic E-state index is 14.2. The number of alkyl carbamates (subject to hydrolysis) is 2. The number of halogens is 1. The second kappa shape index (κ2) is 26.9. The van der Waals surface area contributed by atoms with Crippen molar-refractivity contribution in [3.05, 3.63) is 35.9 Å². The molecule has 0 saturated carbocycles. The van der Waals surface area contributed by atoms with Gasteiger partial charge in [0.2, 0.25) is 17.7 Å². The molecule has 0 heterocycles. The van der Waals surface area contributed by atoms with Crippen molar-refractivity contribution >= 4 is 47.8 Å². The summed E-state index contributed by atoms with van der Waals surface area (Å²) in [6.45, 7) is 18.8. The average molecular weight is 900 g/mol. The summed E-state index contributed by atoms with van der Waals surface area (Å²) in [5.41, 5.74) is 9.12. The van der Waals surface area contributed by atoms with Crippen LogP contribution >= 0.6 is 0 Å². The molecule has 10 N–H and O–H groups in total. The molecule has 352 valence electrons. The third kappa shape index (κ3) is 26.1. The topological polar surface area (TPSA) is 283 Å². The molecule has 0 aliphatic rings. The molecular formula is C42H71ClN8O11. The quantitative estimate of drug-likeness (QED) is 0.0212. The first kappa shape index (κ1) is 56.7. The monoisotopic (exact) mass is 898 g/mol. The first-order valence-corrected chi connectivity index (χ1v) is 20.6. The van der Waals surface area contributed by atoms with Crippen molar-refractivity contribution in [2.45, 2.75) is 162 Å². The van der Waals surface area contributed by atoms with Crippen LogP contribution in [0.3, 0.4) is 0 Å². The SMILES string of the molecule is CC(C)[C@H](NC(=O)[C@H](CC(=O)OC(C)(C)C)NC(=O)[C@H](CCCCNC(=O)OCc1ccccc1)NC(=O)[C@H](CCC[NH+]=C(N)N)NC(=O)OC(C)(C)C)C(=O)OC(C)(C)C.[Cl-]. The second-order valence-corrected chi connectivity index (χ2v) is 17.9. The van der Waals surface area contributed by atoms with E-state index in [1.807, 2.05) is 30.3 Å². The molecule has 0 aliphatic heterocycles. The number of ether oxygens (including phenoxy) is 4. The Kier molecular flexibility index (Phi) is 24.6. The van der Waals surface area contributed by atoms with Crippen LogP contribution < -0.4 is 55.5 Å². The van der Waals surface area contributed by atoms with E-state index < -0.39 is 95.2 Å². The Labute approximate surface area is 372 Å². The zero-order chi connectivity index (χ0) is 46.6. The maximum Gasteiger partial charge on any atom is 0.408 e. The van der Waals surface area contributed by atoms with E-state index in [0.717, 1.165) is 5.56 Å². The Hall–Kier alpha value is -5.33. The summed E-state index contributed by atoms with van der Waals surface area (Å²) < 4.78 is 21.6. The molecule has 4 atom stereocenters. The van der Waals surface area contributed by atoms with Crippen LogP contribution in [0.5, 0.6) is 0 Å². The highest BCUT2D eigenvalue weighted by molar-refractivity contribution is 5.96. The normalized spacial score (nSPS) is 13.4. The smallest absolute Gasteiger partial charge is 0.408 e. The van der Waals surface area contributed by atoms with Gasteiger partial charge in [-0.1, -0.05) is 44.2 Å². The lowest BCUT2D eigenvalue weighted by Gasteiger charge is -2.29. The van der Waals surface area contributed by atoms with Crippen LogP contribution in [0.2, 0.25) is 0 Å². The van der Waals surface area contributed by atoms with Crippen molar-refractivity contribution in [1.82, 2.24) is 26.6 Å². The van der Waals surface area contributed by atoms with Gasteiger partial charge in [-0.2, -0.15) is 0 Å². The van der Waals surface area contributed by atoms with Gasteiger partial charge in [0.05, 0.1) is 13.0 Å². The lowest BCUT2D eigenvalue weighted by atomic mass is 10.0. The number of hydrogen-bond donors (Lipinski definition) is 8.